The molecule has 0 fully saturated rings. The molecule has 1 aliphatic heterocycles. The quantitative estimate of drug-likeness (QED) is 0.863. The molecule has 0 unspecified atom stereocenters. The second-order valence-electron chi connectivity index (χ2n) is 3.98. The van der Waals surface area contributed by atoms with Gasteiger partial charge in [-0.15, -0.1) is 0 Å². The van der Waals surface area contributed by atoms with E-state index in [0.717, 1.165) is 0 Å². The van der Waals surface area contributed by atoms with Gasteiger partial charge in [0.15, 0.2) is 0 Å². The molecular weight excluding hydrogens is 317 g/mol. The van der Waals surface area contributed by atoms with Gasteiger partial charge in [-0.1, -0.05) is 15.9 Å². The molecule has 0 spiro atoms. The van der Waals surface area contributed by atoms with Gasteiger partial charge in [-0.2, -0.15) is 13.2 Å². The van der Waals surface area contributed by atoms with Crippen molar-refractivity contribution in [2.45, 2.75) is 18.7 Å². The van der Waals surface area contributed by atoms with Crippen LogP contribution in [0.15, 0.2) is 22.7 Å². The number of fused-ring (bicyclic) bond motifs is 1. The smallest absolute Gasteiger partial charge is 0.426 e. The van der Waals surface area contributed by atoms with Crippen LogP contribution in [0.25, 0.3) is 0 Å². The zero-order valence-electron chi connectivity index (χ0n) is 8.87. The number of ether oxygens (including phenoxy) is 1. The molecule has 0 amide bonds. The molecule has 1 N–H and O–H groups in total. The summed E-state index contributed by atoms with van der Waals surface area (Å²) in [5.74, 6) is -3.05. The largest absolute Gasteiger partial charge is 0.481 e. The Kier molecular flexibility index (Phi) is 3.27. The molecule has 1 aromatic rings. The van der Waals surface area contributed by atoms with Crippen LogP contribution in [0.3, 0.4) is 0 Å². The minimum atomic E-state index is -4.70. The van der Waals surface area contributed by atoms with Crippen LogP contribution in [0.2, 0.25) is 0 Å². The van der Waals surface area contributed by atoms with Crippen molar-refractivity contribution in [2.24, 2.45) is 5.92 Å². The maximum Gasteiger partial charge on any atom is 0.426 e. The van der Waals surface area contributed by atoms with E-state index in [2.05, 4.69) is 15.9 Å². The molecule has 0 aromatic heterocycles. The molecule has 0 saturated heterocycles. The fraction of sp³-hybridized carbons (Fsp3) is 0.364. The standard InChI is InChI=1S/C11H8BrF3O3/c12-6-1-2-8-5(3-6)4-7(10(16)17)9(18-8)11(13,14)15/h1-3,7,9H,4H2,(H,16,17)/t7-,9+/m0/s1. The van der Waals surface area contributed by atoms with E-state index >= 15 is 0 Å². The highest BCUT2D eigenvalue weighted by Gasteiger charge is 2.52. The van der Waals surface area contributed by atoms with Gasteiger partial charge in [0.05, 0.1) is 0 Å². The number of carboxylic acid groups (broad SMARTS) is 1. The van der Waals surface area contributed by atoms with E-state index in [-0.39, 0.29) is 12.2 Å². The number of hydrogen-bond acceptors (Lipinski definition) is 2. The summed E-state index contributed by atoms with van der Waals surface area (Å²) < 4.78 is 43.6. The molecule has 0 saturated carbocycles. The van der Waals surface area contributed by atoms with Crippen LogP contribution < -0.4 is 4.74 Å². The highest BCUT2D eigenvalue weighted by atomic mass is 79.9. The fourth-order valence-electron chi connectivity index (χ4n) is 1.90. The monoisotopic (exact) mass is 324 g/mol. The molecule has 3 nitrogen and oxygen atoms in total. The Morgan fingerprint density at radius 2 is 2.11 bits per heavy atom. The maximum absolute atomic E-state index is 12.7. The Hall–Kier alpha value is -1.24. The third-order valence-corrected chi connectivity index (χ3v) is 3.21. The lowest BCUT2D eigenvalue weighted by Gasteiger charge is -2.32. The van der Waals surface area contributed by atoms with Gasteiger partial charge >= 0.3 is 12.1 Å². The van der Waals surface area contributed by atoms with E-state index in [4.69, 9.17) is 9.84 Å². The molecule has 1 aliphatic rings. The van der Waals surface area contributed by atoms with E-state index < -0.39 is 24.2 Å². The van der Waals surface area contributed by atoms with Gasteiger partial charge < -0.3 is 9.84 Å². The first-order valence-electron chi connectivity index (χ1n) is 5.03. The summed E-state index contributed by atoms with van der Waals surface area (Å²) in [7, 11) is 0. The molecular formula is C11H8BrF3O3. The van der Waals surface area contributed by atoms with Crippen molar-refractivity contribution < 1.29 is 27.8 Å². The van der Waals surface area contributed by atoms with Gasteiger partial charge in [0.25, 0.3) is 0 Å². The van der Waals surface area contributed by atoms with Crippen molar-refractivity contribution in [3.05, 3.63) is 28.2 Å². The zero-order chi connectivity index (χ0) is 13.5. The minimum Gasteiger partial charge on any atom is -0.481 e. The SMILES string of the molecule is O=C(O)[C@H]1Cc2cc(Br)ccc2O[C@H]1C(F)(F)F. The number of hydrogen-bond donors (Lipinski definition) is 1. The predicted molar refractivity (Wildman–Crippen MR) is 59.4 cm³/mol. The number of benzene rings is 1. The van der Waals surface area contributed by atoms with Crippen LogP contribution in [0.1, 0.15) is 5.56 Å². The molecule has 2 atom stereocenters. The summed E-state index contributed by atoms with van der Waals surface area (Å²) in [6, 6.07) is 4.52. The molecule has 0 radical (unpaired) electrons. The van der Waals surface area contributed by atoms with Crippen LogP contribution in [-0.4, -0.2) is 23.4 Å². The molecule has 0 bridgehead atoms. The lowest BCUT2D eigenvalue weighted by Crippen LogP contribution is -2.47. The van der Waals surface area contributed by atoms with Crippen LogP contribution in [-0.2, 0) is 11.2 Å². The van der Waals surface area contributed by atoms with Crippen LogP contribution in [0.5, 0.6) is 5.75 Å². The molecule has 7 heteroatoms. The first-order chi connectivity index (χ1) is 8.29. The van der Waals surface area contributed by atoms with Crippen molar-refractivity contribution in [1.29, 1.82) is 0 Å². The van der Waals surface area contributed by atoms with Gasteiger partial charge in [0, 0.05) is 4.47 Å². The van der Waals surface area contributed by atoms with E-state index in [1.807, 2.05) is 0 Å². The summed E-state index contributed by atoms with van der Waals surface area (Å²) >= 11 is 3.18. The summed E-state index contributed by atoms with van der Waals surface area (Å²) in [5.41, 5.74) is 0.456. The van der Waals surface area contributed by atoms with Crippen molar-refractivity contribution in [3.63, 3.8) is 0 Å². The van der Waals surface area contributed by atoms with E-state index in [1.165, 1.54) is 6.07 Å². The molecule has 1 aromatic carbocycles. The fourth-order valence-corrected chi connectivity index (χ4v) is 2.31. The predicted octanol–water partition coefficient (Wildman–Crippen LogP) is 3.02. The Labute approximate surface area is 109 Å². The van der Waals surface area contributed by atoms with Gasteiger partial charge in [-0.05, 0) is 30.2 Å². The molecule has 98 valence electrons. The lowest BCUT2D eigenvalue weighted by molar-refractivity contribution is -0.217. The number of rotatable bonds is 1. The van der Waals surface area contributed by atoms with Crippen LogP contribution >= 0.6 is 15.9 Å². The minimum absolute atomic E-state index is 0.0815. The van der Waals surface area contributed by atoms with Crippen molar-refractivity contribution in [1.82, 2.24) is 0 Å². The zero-order valence-corrected chi connectivity index (χ0v) is 10.5. The summed E-state index contributed by atoms with van der Waals surface area (Å²) in [6.07, 6.45) is -7.20. The topological polar surface area (TPSA) is 46.5 Å². The molecule has 18 heavy (non-hydrogen) atoms. The normalized spacial score (nSPS) is 23.1. The lowest BCUT2D eigenvalue weighted by atomic mass is 9.90. The Bertz CT molecular complexity index is 487. The first-order valence-corrected chi connectivity index (χ1v) is 5.83. The van der Waals surface area contributed by atoms with Crippen LogP contribution in [0.4, 0.5) is 13.2 Å². The number of carbonyl (C=O) groups is 1. The molecule has 2 rings (SSSR count). The van der Waals surface area contributed by atoms with Gasteiger partial charge in [-0.3, -0.25) is 4.79 Å². The number of aliphatic carboxylic acids is 1. The summed E-state index contributed by atoms with van der Waals surface area (Å²) in [4.78, 5) is 10.9. The molecule has 1 heterocycles. The van der Waals surface area contributed by atoms with Gasteiger partial charge in [0.2, 0.25) is 6.10 Å². The summed E-state index contributed by atoms with van der Waals surface area (Å²) in [5, 5.41) is 8.88. The first kappa shape index (κ1) is 13.2. The number of halogens is 4. The van der Waals surface area contributed by atoms with E-state index in [1.54, 1.807) is 12.1 Å². The van der Waals surface area contributed by atoms with Gasteiger partial charge in [-0.25, -0.2) is 0 Å². The maximum atomic E-state index is 12.7. The average Bonchev–Trinajstić information content (AvgIpc) is 2.25. The van der Waals surface area contributed by atoms with Crippen molar-refractivity contribution in [2.75, 3.05) is 0 Å². The Balaban J connectivity index is 2.40. The third kappa shape index (κ3) is 2.45. The highest BCUT2D eigenvalue weighted by molar-refractivity contribution is 9.10. The van der Waals surface area contributed by atoms with E-state index in [0.29, 0.717) is 10.0 Å². The average molecular weight is 325 g/mol. The number of carboxylic acids is 1. The molecule has 0 aliphatic carbocycles. The van der Waals surface area contributed by atoms with Gasteiger partial charge in [0.1, 0.15) is 11.7 Å². The second-order valence-corrected chi connectivity index (χ2v) is 4.90. The third-order valence-electron chi connectivity index (χ3n) is 2.72. The summed E-state index contributed by atoms with van der Waals surface area (Å²) in [6.45, 7) is 0. The highest BCUT2D eigenvalue weighted by Crippen LogP contribution is 2.39. The van der Waals surface area contributed by atoms with Crippen LogP contribution in [0, 0.1) is 5.92 Å². The Morgan fingerprint density at radius 3 is 2.67 bits per heavy atom. The second kappa shape index (κ2) is 4.46. The van der Waals surface area contributed by atoms with E-state index in [9.17, 15) is 18.0 Å². The van der Waals surface area contributed by atoms with Crippen molar-refractivity contribution in [3.8, 4) is 5.75 Å². The number of alkyl halides is 3. The van der Waals surface area contributed by atoms with Crippen molar-refractivity contribution >= 4 is 21.9 Å². The Morgan fingerprint density at radius 1 is 1.44 bits per heavy atom.